The van der Waals surface area contributed by atoms with Crippen molar-refractivity contribution in [1.82, 2.24) is 10.2 Å². The molecule has 0 saturated heterocycles. The molecule has 0 saturated carbocycles. The van der Waals surface area contributed by atoms with Gasteiger partial charge in [-0.05, 0) is 40.5 Å². The van der Waals surface area contributed by atoms with E-state index in [-0.39, 0.29) is 0 Å². The van der Waals surface area contributed by atoms with E-state index in [2.05, 4.69) is 36.3 Å². The smallest absolute Gasteiger partial charge is 0.0160 e. The van der Waals surface area contributed by atoms with Crippen LogP contribution >= 0.6 is 0 Å². The van der Waals surface area contributed by atoms with Crippen LogP contribution in [0, 0.1) is 0 Å². The van der Waals surface area contributed by atoms with Gasteiger partial charge in [-0.2, -0.15) is 0 Å². The second kappa shape index (κ2) is 7.76. The first-order chi connectivity index (χ1) is 5.31. The summed E-state index contributed by atoms with van der Waals surface area (Å²) in [4.78, 5) is 2.32. The normalized spacial score (nSPS) is 11.6. The van der Waals surface area contributed by atoms with Crippen LogP contribution in [0.5, 0.6) is 0 Å². The van der Waals surface area contributed by atoms with E-state index in [1.807, 2.05) is 7.05 Å². The van der Waals surface area contributed by atoms with Crippen molar-refractivity contribution in [2.45, 2.75) is 13.3 Å². The van der Waals surface area contributed by atoms with Crippen LogP contribution in [0.2, 0.25) is 0 Å². The Kier molecular flexibility index (Phi) is 7.52. The molecule has 0 radical (unpaired) electrons. The van der Waals surface area contributed by atoms with Crippen LogP contribution in [-0.4, -0.2) is 38.6 Å². The van der Waals surface area contributed by atoms with E-state index in [1.165, 1.54) is 13.0 Å². The molecule has 0 unspecified atom stereocenters. The molecule has 0 aliphatic rings. The zero-order chi connectivity index (χ0) is 8.53. The van der Waals surface area contributed by atoms with Crippen LogP contribution in [-0.2, 0) is 0 Å². The van der Waals surface area contributed by atoms with E-state index in [4.69, 9.17) is 0 Å². The van der Waals surface area contributed by atoms with Crippen molar-refractivity contribution in [2.75, 3.05) is 33.7 Å². The Morgan fingerprint density at radius 1 is 1.45 bits per heavy atom. The van der Waals surface area contributed by atoms with E-state index < -0.39 is 0 Å². The van der Waals surface area contributed by atoms with E-state index in [9.17, 15) is 0 Å². The van der Waals surface area contributed by atoms with Gasteiger partial charge in [0.05, 0.1) is 0 Å². The molecule has 66 valence electrons. The average Bonchev–Trinajstić information content (AvgIpc) is 2.01. The molecule has 0 spiro atoms. The first kappa shape index (κ1) is 10.7. The number of hydrogen-bond donors (Lipinski definition) is 1. The van der Waals surface area contributed by atoms with Gasteiger partial charge in [-0.1, -0.05) is 12.2 Å². The maximum atomic E-state index is 3.13. The summed E-state index contributed by atoms with van der Waals surface area (Å²) >= 11 is 0. The molecule has 0 heterocycles. The Morgan fingerprint density at radius 2 is 2.18 bits per heavy atom. The average molecular weight is 156 g/mol. The highest BCUT2D eigenvalue weighted by Crippen LogP contribution is 1.86. The van der Waals surface area contributed by atoms with Crippen molar-refractivity contribution in [2.24, 2.45) is 0 Å². The van der Waals surface area contributed by atoms with Gasteiger partial charge in [0, 0.05) is 6.54 Å². The molecule has 11 heavy (non-hydrogen) atoms. The minimum absolute atomic E-state index is 1.07. The Labute approximate surface area is 70.3 Å². The highest BCUT2D eigenvalue weighted by Gasteiger charge is 1.92. The van der Waals surface area contributed by atoms with Gasteiger partial charge in [0.15, 0.2) is 0 Å². The molecule has 0 aromatic rings. The highest BCUT2D eigenvalue weighted by molar-refractivity contribution is 4.79. The van der Waals surface area contributed by atoms with Gasteiger partial charge in [-0.25, -0.2) is 0 Å². The molecule has 0 amide bonds. The van der Waals surface area contributed by atoms with Crippen LogP contribution in [0.3, 0.4) is 0 Å². The molecular formula is C9H20N2. The molecule has 2 heteroatoms. The molecule has 0 fully saturated rings. The lowest BCUT2D eigenvalue weighted by Gasteiger charge is -2.13. The largest absolute Gasteiger partial charge is 0.320 e. The number of rotatable bonds is 6. The fraction of sp³-hybridized carbons (Fsp3) is 0.778. The van der Waals surface area contributed by atoms with Gasteiger partial charge >= 0.3 is 0 Å². The SMILES string of the molecule is C/C=C/CN(C)CCCNC. The third-order valence-corrected chi connectivity index (χ3v) is 1.62. The van der Waals surface area contributed by atoms with Gasteiger partial charge in [-0.15, -0.1) is 0 Å². The summed E-state index contributed by atoms with van der Waals surface area (Å²) in [5.74, 6) is 0. The summed E-state index contributed by atoms with van der Waals surface area (Å²) in [6.07, 6.45) is 5.50. The highest BCUT2D eigenvalue weighted by atomic mass is 15.1. The van der Waals surface area contributed by atoms with Gasteiger partial charge in [0.2, 0.25) is 0 Å². The van der Waals surface area contributed by atoms with Crippen LogP contribution in [0.4, 0.5) is 0 Å². The van der Waals surface area contributed by atoms with Crippen LogP contribution < -0.4 is 5.32 Å². The lowest BCUT2D eigenvalue weighted by atomic mass is 10.4. The first-order valence-electron chi connectivity index (χ1n) is 4.25. The monoisotopic (exact) mass is 156 g/mol. The fourth-order valence-electron chi connectivity index (χ4n) is 0.902. The quantitative estimate of drug-likeness (QED) is 0.458. The molecule has 0 rings (SSSR count). The summed E-state index contributed by atoms with van der Waals surface area (Å²) in [6.45, 7) is 5.41. The van der Waals surface area contributed by atoms with Crippen molar-refractivity contribution >= 4 is 0 Å². The Hall–Kier alpha value is -0.340. The Bertz CT molecular complexity index is 99.7. The molecule has 0 aliphatic carbocycles. The number of allylic oxidation sites excluding steroid dienone is 1. The van der Waals surface area contributed by atoms with Crippen LogP contribution in [0.1, 0.15) is 13.3 Å². The van der Waals surface area contributed by atoms with E-state index in [1.54, 1.807) is 0 Å². The molecule has 2 nitrogen and oxygen atoms in total. The third kappa shape index (κ3) is 7.56. The predicted octanol–water partition coefficient (Wildman–Crippen LogP) is 1.10. The third-order valence-electron chi connectivity index (χ3n) is 1.62. The molecular weight excluding hydrogens is 136 g/mol. The summed E-state index contributed by atoms with van der Waals surface area (Å²) in [6, 6.07) is 0. The predicted molar refractivity (Wildman–Crippen MR) is 50.9 cm³/mol. The number of hydrogen-bond acceptors (Lipinski definition) is 2. The number of nitrogens with one attached hydrogen (secondary N) is 1. The van der Waals surface area contributed by atoms with Gasteiger partial charge in [0.25, 0.3) is 0 Å². The van der Waals surface area contributed by atoms with Crippen LogP contribution in [0.15, 0.2) is 12.2 Å². The van der Waals surface area contributed by atoms with Crippen molar-refractivity contribution < 1.29 is 0 Å². The lowest BCUT2D eigenvalue weighted by Crippen LogP contribution is -2.22. The molecule has 0 atom stereocenters. The second-order valence-electron chi connectivity index (χ2n) is 2.79. The molecule has 0 aliphatic heterocycles. The van der Waals surface area contributed by atoms with Crippen molar-refractivity contribution in [3.8, 4) is 0 Å². The van der Waals surface area contributed by atoms with Gasteiger partial charge in [0.1, 0.15) is 0 Å². The standard InChI is InChI=1S/C9H20N2/c1-4-5-8-11(3)9-6-7-10-2/h4-5,10H,6-9H2,1-3H3/b5-4+. The molecule has 1 N–H and O–H groups in total. The molecule has 0 aromatic carbocycles. The fourth-order valence-corrected chi connectivity index (χ4v) is 0.902. The zero-order valence-electron chi connectivity index (χ0n) is 7.93. The Balaban J connectivity index is 3.15. The van der Waals surface area contributed by atoms with Crippen LogP contribution in [0.25, 0.3) is 0 Å². The molecule has 0 bridgehead atoms. The molecule has 0 aromatic heterocycles. The summed E-state index contributed by atoms with van der Waals surface area (Å²) in [7, 11) is 4.14. The number of likely N-dealkylation sites (N-methyl/N-ethyl adjacent to an activating group) is 1. The second-order valence-corrected chi connectivity index (χ2v) is 2.79. The van der Waals surface area contributed by atoms with Gasteiger partial charge in [-0.3, -0.25) is 0 Å². The van der Waals surface area contributed by atoms with E-state index >= 15 is 0 Å². The van der Waals surface area contributed by atoms with Gasteiger partial charge < -0.3 is 10.2 Å². The minimum Gasteiger partial charge on any atom is -0.320 e. The summed E-state index contributed by atoms with van der Waals surface area (Å²) in [5.41, 5.74) is 0. The maximum Gasteiger partial charge on any atom is 0.0160 e. The topological polar surface area (TPSA) is 15.3 Å². The van der Waals surface area contributed by atoms with Crippen molar-refractivity contribution in [3.05, 3.63) is 12.2 Å². The first-order valence-corrected chi connectivity index (χ1v) is 4.25. The van der Waals surface area contributed by atoms with E-state index in [0.717, 1.165) is 13.1 Å². The summed E-state index contributed by atoms with van der Waals surface area (Å²) in [5, 5.41) is 3.13. The van der Waals surface area contributed by atoms with E-state index in [0.29, 0.717) is 0 Å². The van der Waals surface area contributed by atoms with Crippen molar-refractivity contribution in [1.29, 1.82) is 0 Å². The maximum absolute atomic E-state index is 3.13. The number of nitrogens with zero attached hydrogens (tertiary/aromatic N) is 1. The minimum atomic E-state index is 1.07. The lowest BCUT2D eigenvalue weighted by molar-refractivity contribution is 0.362. The zero-order valence-corrected chi connectivity index (χ0v) is 7.93. The van der Waals surface area contributed by atoms with Crippen molar-refractivity contribution in [3.63, 3.8) is 0 Å². The Morgan fingerprint density at radius 3 is 2.73 bits per heavy atom. The summed E-state index contributed by atoms with van der Waals surface area (Å²) < 4.78 is 0.